The fourth-order valence-corrected chi connectivity index (χ4v) is 2.98. The summed E-state index contributed by atoms with van der Waals surface area (Å²) in [7, 11) is 0. The van der Waals surface area contributed by atoms with Gasteiger partial charge in [0.1, 0.15) is 5.82 Å². The molecule has 0 radical (unpaired) electrons. The van der Waals surface area contributed by atoms with Gasteiger partial charge in [0.15, 0.2) is 5.82 Å². The number of H-pyrrole nitrogens is 1. The van der Waals surface area contributed by atoms with Gasteiger partial charge in [0, 0.05) is 12.0 Å². The van der Waals surface area contributed by atoms with Crippen LogP contribution in [-0.4, -0.2) is 26.2 Å². The van der Waals surface area contributed by atoms with Gasteiger partial charge in [-0.3, -0.25) is 0 Å². The number of hydrogen-bond acceptors (Lipinski definition) is 5. The molecule has 2 unspecified atom stereocenters. The minimum atomic E-state index is 0.265. The Morgan fingerprint density at radius 1 is 1.24 bits per heavy atom. The average Bonchev–Trinajstić information content (AvgIpc) is 3.17. The Morgan fingerprint density at radius 2 is 2.14 bits per heavy atom. The molecule has 1 aromatic carbocycles. The Hall–Kier alpha value is -2.21. The Bertz CT molecular complexity index is 729. The van der Waals surface area contributed by atoms with Crippen molar-refractivity contribution in [1.29, 1.82) is 0 Å². The van der Waals surface area contributed by atoms with Crippen LogP contribution in [0.1, 0.15) is 42.7 Å². The molecule has 6 nitrogen and oxygen atoms in total. The fraction of sp³-hybridized carbons (Fsp3) is 0.400. The second kappa shape index (κ2) is 4.96. The van der Waals surface area contributed by atoms with Crippen LogP contribution in [0, 0.1) is 0 Å². The Kier molecular flexibility index (Phi) is 2.96. The highest BCUT2D eigenvalue weighted by Gasteiger charge is 2.27. The van der Waals surface area contributed by atoms with Crippen molar-refractivity contribution in [3.8, 4) is 0 Å². The standard InChI is InChI=1S/C15H17N5O/c16-10-6-5-9(7-10)15-19-14(20-21-15)8-13-17-11-3-1-2-4-12(11)18-13/h1-4,9-10H,5-8,16H2,(H,17,18). The summed E-state index contributed by atoms with van der Waals surface area (Å²) in [5.41, 5.74) is 7.91. The van der Waals surface area contributed by atoms with Crippen LogP contribution >= 0.6 is 0 Å². The van der Waals surface area contributed by atoms with E-state index in [1.807, 2.05) is 24.3 Å². The lowest BCUT2D eigenvalue weighted by Crippen LogP contribution is -2.14. The van der Waals surface area contributed by atoms with Crippen molar-refractivity contribution in [2.45, 2.75) is 37.6 Å². The van der Waals surface area contributed by atoms with Gasteiger partial charge in [-0.2, -0.15) is 4.98 Å². The van der Waals surface area contributed by atoms with Crippen LogP contribution in [0.5, 0.6) is 0 Å². The van der Waals surface area contributed by atoms with Gasteiger partial charge in [-0.05, 0) is 31.4 Å². The van der Waals surface area contributed by atoms with Gasteiger partial charge in [0.25, 0.3) is 0 Å². The molecule has 0 aliphatic heterocycles. The zero-order valence-corrected chi connectivity index (χ0v) is 11.6. The first-order valence-electron chi connectivity index (χ1n) is 7.29. The lowest BCUT2D eigenvalue weighted by Gasteiger charge is -2.01. The molecule has 0 amide bonds. The number of aromatic nitrogens is 4. The van der Waals surface area contributed by atoms with E-state index in [-0.39, 0.29) is 6.04 Å². The monoisotopic (exact) mass is 283 g/mol. The van der Waals surface area contributed by atoms with Crippen LogP contribution in [0.3, 0.4) is 0 Å². The second-order valence-electron chi connectivity index (χ2n) is 5.70. The molecule has 0 saturated heterocycles. The highest BCUT2D eigenvalue weighted by molar-refractivity contribution is 5.74. The third kappa shape index (κ3) is 2.42. The topological polar surface area (TPSA) is 93.6 Å². The van der Waals surface area contributed by atoms with Crippen molar-refractivity contribution < 1.29 is 4.52 Å². The smallest absolute Gasteiger partial charge is 0.229 e. The van der Waals surface area contributed by atoms with Crippen LogP contribution in [-0.2, 0) is 6.42 Å². The van der Waals surface area contributed by atoms with Crippen molar-refractivity contribution in [3.63, 3.8) is 0 Å². The van der Waals surface area contributed by atoms with Crippen LogP contribution in [0.4, 0.5) is 0 Å². The summed E-state index contributed by atoms with van der Waals surface area (Å²) in [5, 5.41) is 4.06. The number of aromatic amines is 1. The largest absolute Gasteiger partial charge is 0.342 e. The minimum absolute atomic E-state index is 0.265. The first-order valence-corrected chi connectivity index (χ1v) is 7.29. The summed E-state index contributed by atoms with van der Waals surface area (Å²) >= 11 is 0. The first-order chi connectivity index (χ1) is 10.3. The zero-order valence-electron chi connectivity index (χ0n) is 11.6. The number of nitrogens with zero attached hydrogens (tertiary/aromatic N) is 3. The summed E-state index contributed by atoms with van der Waals surface area (Å²) in [6, 6.07) is 8.22. The van der Waals surface area contributed by atoms with E-state index in [1.165, 1.54) is 0 Å². The molecule has 2 heterocycles. The van der Waals surface area contributed by atoms with Crippen molar-refractivity contribution in [3.05, 3.63) is 41.8 Å². The predicted octanol–water partition coefficient (Wildman–Crippen LogP) is 2.13. The maximum atomic E-state index is 5.93. The van der Waals surface area contributed by atoms with Gasteiger partial charge in [0.05, 0.1) is 17.5 Å². The lowest BCUT2D eigenvalue weighted by molar-refractivity contribution is 0.349. The summed E-state index contributed by atoms with van der Waals surface area (Å²) in [6.07, 6.45) is 3.56. The number of fused-ring (bicyclic) bond motifs is 1. The first kappa shape index (κ1) is 12.5. The van der Waals surface area contributed by atoms with E-state index in [1.54, 1.807) is 0 Å². The van der Waals surface area contributed by atoms with E-state index < -0.39 is 0 Å². The van der Waals surface area contributed by atoms with Crippen molar-refractivity contribution in [1.82, 2.24) is 20.1 Å². The van der Waals surface area contributed by atoms with Crippen molar-refractivity contribution >= 4 is 11.0 Å². The van der Waals surface area contributed by atoms with Crippen molar-refractivity contribution in [2.75, 3.05) is 0 Å². The molecule has 3 aromatic rings. The number of imidazole rings is 1. The van der Waals surface area contributed by atoms with Crippen LogP contribution in [0.25, 0.3) is 11.0 Å². The van der Waals surface area contributed by atoms with Gasteiger partial charge < -0.3 is 15.2 Å². The molecular weight excluding hydrogens is 266 g/mol. The van der Waals surface area contributed by atoms with Gasteiger partial charge in [-0.1, -0.05) is 17.3 Å². The molecule has 1 saturated carbocycles. The number of rotatable bonds is 3. The van der Waals surface area contributed by atoms with E-state index in [4.69, 9.17) is 10.3 Å². The molecule has 4 rings (SSSR count). The molecule has 3 N–H and O–H groups in total. The molecule has 6 heteroatoms. The number of nitrogens with one attached hydrogen (secondary N) is 1. The molecule has 0 spiro atoms. The van der Waals surface area contributed by atoms with Crippen LogP contribution in [0.2, 0.25) is 0 Å². The Balaban J connectivity index is 1.53. The molecule has 2 aromatic heterocycles. The summed E-state index contributed by atoms with van der Waals surface area (Å²) < 4.78 is 5.38. The lowest BCUT2D eigenvalue weighted by atomic mass is 10.1. The third-order valence-electron chi connectivity index (χ3n) is 4.07. The molecule has 1 aliphatic rings. The maximum absolute atomic E-state index is 5.93. The summed E-state index contributed by atoms with van der Waals surface area (Å²) in [6.45, 7) is 0. The predicted molar refractivity (Wildman–Crippen MR) is 77.8 cm³/mol. The van der Waals surface area contributed by atoms with Gasteiger partial charge in [-0.15, -0.1) is 0 Å². The fourth-order valence-electron chi connectivity index (χ4n) is 2.98. The molecular formula is C15H17N5O. The number of benzene rings is 1. The van der Waals surface area contributed by atoms with Crippen molar-refractivity contribution in [2.24, 2.45) is 5.73 Å². The number of nitrogens with two attached hydrogens (primary N) is 1. The number of para-hydroxylation sites is 2. The van der Waals surface area contributed by atoms with E-state index in [0.29, 0.717) is 24.1 Å². The summed E-state index contributed by atoms with van der Waals surface area (Å²) in [5.74, 6) is 2.56. The van der Waals surface area contributed by atoms with Crippen LogP contribution in [0.15, 0.2) is 28.8 Å². The highest BCUT2D eigenvalue weighted by atomic mass is 16.5. The quantitative estimate of drug-likeness (QED) is 0.768. The second-order valence-corrected chi connectivity index (χ2v) is 5.70. The molecule has 0 bridgehead atoms. The molecule has 108 valence electrons. The van der Waals surface area contributed by atoms with E-state index in [0.717, 1.165) is 36.1 Å². The van der Waals surface area contributed by atoms with Gasteiger partial charge >= 0.3 is 0 Å². The SMILES string of the molecule is NC1CCC(c2nc(Cc3nc4ccccc4[nH]3)no2)C1. The molecule has 2 atom stereocenters. The Labute approximate surface area is 121 Å². The molecule has 1 fully saturated rings. The molecule has 1 aliphatic carbocycles. The zero-order chi connectivity index (χ0) is 14.2. The normalized spacial score (nSPS) is 22.1. The minimum Gasteiger partial charge on any atom is -0.342 e. The van der Waals surface area contributed by atoms with E-state index >= 15 is 0 Å². The van der Waals surface area contributed by atoms with Crippen LogP contribution < -0.4 is 5.73 Å². The highest BCUT2D eigenvalue weighted by Crippen LogP contribution is 2.32. The van der Waals surface area contributed by atoms with Gasteiger partial charge in [0.2, 0.25) is 5.89 Å². The number of hydrogen-bond donors (Lipinski definition) is 2. The molecule has 21 heavy (non-hydrogen) atoms. The third-order valence-corrected chi connectivity index (χ3v) is 4.07. The Morgan fingerprint density at radius 3 is 2.95 bits per heavy atom. The van der Waals surface area contributed by atoms with E-state index in [2.05, 4.69) is 20.1 Å². The summed E-state index contributed by atoms with van der Waals surface area (Å²) in [4.78, 5) is 12.3. The maximum Gasteiger partial charge on any atom is 0.229 e. The van der Waals surface area contributed by atoms with Gasteiger partial charge in [-0.25, -0.2) is 4.98 Å². The average molecular weight is 283 g/mol. The van der Waals surface area contributed by atoms with E-state index in [9.17, 15) is 0 Å².